The number of aliphatic hydroxyl groups is 1. The minimum Gasteiger partial charge on any atom is -0.391 e. The maximum atomic E-state index is 13.9. The Morgan fingerprint density at radius 1 is 1.10 bits per heavy atom. The summed E-state index contributed by atoms with van der Waals surface area (Å²) in [4.78, 5) is 46.3. The smallest absolute Gasteiger partial charge is 0.243 e. The molecule has 1 heterocycles. The number of amides is 3. The number of aliphatic hydroxyl groups excluding tert-OH is 1. The summed E-state index contributed by atoms with van der Waals surface area (Å²) in [6.07, 6.45) is 11.5. The fourth-order valence-corrected chi connectivity index (χ4v) is 5.98. The molecule has 0 bridgehead atoms. The maximum absolute atomic E-state index is 13.9. The first kappa shape index (κ1) is 33.0. The van der Waals surface area contributed by atoms with Gasteiger partial charge in [-0.3, -0.25) is 14.4 Å². The first-order valence-electron chi connectivity index (χ1n) is 15.4. The van der Waals surface area contributed by atoms with Crippen LogP contribution in [0.15, 0.2) is 55.5 Å². The van der Waals surface area contributed by atoms with Crippen LogP contribution in [0.2, 0.25) is 0 Å². The van der Waals surface area contributed by atoms with Crippen molar-refractivity contribution in [1.29, 1.82) is 0 Å². The standard InChI is InChI=1S/C33H49N5O4/c1-4-25(22(2)3)17-30(39)28(16-24-13-9-6-10-14-24)37-33(42)29(19-27-20-35-21-36-27)38-32(41)26(18-31(34)40)15-23-11-7-5-8-12-23/h4-5,7-8,11-12,20-22,24-26,28-30,39H,1,6,9-10,13-19H2,2-3H3,(H2,34,40)(H,35,36)(H,37,42)(H,38,41)/t25-,26+,28-,29-,30-/m0/s1. The zero-order valence-electron chi connectivity index (χ0n) is 25.1. The fraction of sp³-hybridized carbons (Fsp3) is 0.576. The number of nitrogens with two attached hydrogens (primary N) is 1. The molecule has 0 saturated heterocycles. The van der Waals surface area contributed by atoms with Crippen molar-refractivity contribution in [1.82, 2.24) is 20.6 Å². The molecular formula is C33H49N5O4. The van der Waals surface area contributed by atoms with Gasteiger partial charge in [0.05, 0.1) is 24.4 Å². The average Bonchev–Trinajstić information content (AvgIpc) is 3.48. The molecule has 3 amide bonds. The third kappa shape index (κ3) is 10.7. The first-order chi connectivity index (χ1) is 20.2. The van der Waals surface area contributed by atoms with E-state index in [4.69, 9.17) is 5.73 Å². The van der Waals surface area contributed by atoms with Crippen LogP contribution in [-0.2, 0) is 27.2 Å². The molecule has 1 aromatic heterocycles. The van der Waals surface area contributed by atoms with E-state index in [2.05, 4.69) is 41.0 Å². The van der Waals surface area contributed by atoms with E-state index >= 15 is 0 Å². The van der Waals surface area contributed by atoms with Crippen molar-refractivity contribution in [2.75, 3.05) is 0 Å². The van der Waals surface area contributed by atoms with Crippen LogP contribution in [0.3, 0.4) is 0 Å². The summed E-state index contributed by atoms with van der Waals surface area (Å²) < 4.78 is 0. The topological polar surface area (TPSA) is 150 Å². The summed E-state index contributed by atoms with van der Waals surface area (Å²) in [6, 6.07) is 8.00. The molecule has 1 aliphatic rings. The lowest BCUT2D eigenvalue weighted by Crippen LogP contribution is -2.55. The highest BCUT2D eigenvalue weighted by atomic mass is 16.3. The van der Waals surface area contributed by atoms with Crippen LogP contribution in [0.1, 0.15) is 76.5 Å². The summed E-state index contributed by atoms with van der Waals surface area (Å²) in [7, 11) is 0. The van der Waals surface area contributed by atoms with Crippen LogP contribution in [0.4, 0.5) is 0 Å². The van der Waals surface area contributed by atoms with Gasteiger partial charge in [0.15, 0.2) is 0 Å². The molecule has 1 aromatic carbocycles. The van der Waals surface area contributed by atoms with E-state index in [9.17, 15) is 19.5 Å². The van der Waals surface area contributed by atoms with E-state index in [0.717, 1.165) is 31.2 Å². The van der Waals surface area contributed by atoms with Gasteiger partial charge >= 0.3 is 0 Å². The highest BCUT2D eigenvalue weighted by Gasteiger charge is 2.32. The highest BCUT2D eigenvalue weighted by molar-refractivity contribution is 5.90. The highest BCUT2D eigenvalue weighted by Crippen LogP contribution is 2.30. The number of hydrogen-bond donors (Lipinski definition) is 5. The second kappa shape index (κ2) is 16.9. The summed E-state index contributed by atoms with van der Waals surface area (Å²) in [5, 5.41) is 17.4. The molecule has 1 saturated carbocycles. The average molecular weight is 580 g/mol. The summed E-state index contributed by atoms with van der Waals surface area (Å²) in [5.41, 5.74) is 7.08. The second-order valence-corrected chi connectivity index (χ2v) is 12.2. The largest absolute Gasteiger partial charge is 0.391 e. The second-order valence-electron chi connectivity index (χ2n) is 12.2. The zero-order chi connectivity index (χ0) is 30.5. The summed E-state index contributed by atoms with van der Waals surface area (Å²) in [5.74, 6) is -1.28. The van der Waals surface area contributed by atoms with Gasteiger partial charge in [0, 0.05) is 24.7 Å². The lowest BCUT2D eigenvalue weighted by Gasteiger charge is -2.33. The van der Waals surface area contributed by atoms with E-state index in [0.29, 0.717) is 36.8 Å². The van der Waals surface area contributed by atoms with Gasteiger partial charge in [-0.25, -0.2) is 4.98 Å². The summed E-state index contributed by atoms with van der Waals surface area (Å²) >= 11 is 0. The van der Waals surface area contributed by atoms with E-state index in [1.165, 1.54) is 12.7 Å². The van der Waals surface area contributed by atoms with E-state index in [-0.39, 0.29) is 24.7 Å². The number of aromatic amines is 1. The van der Waals surface area contributed by atoms with Gasteiger partial charge < -0.3 is 26.5 Å². The molecule has 5 atom stereocenters. The molecule has 2 aromatic rings. The normalized spacial score (nSPS) is 17.5. The van der Waals surface area contributed by atoms with Crippen molar-refractivity contribution in [2.24, 2.45) is 29.4 Å². The number of carbonyl (C=O) groups excluding carboxylic acids is 3. The Bertz CT molecular complexity index is 1110. The zero-order valence-corrected chi connectivity index (χ0v) is 25.1. The van der Waals surface area contributed by atoms with Gasteiger partial charge in [-0.05, 0) is 42.6 Å². The molecule has 9 heteroatoms. The molecule has 6 N–H and O–H groups in total. The van der Waals surface area contributed by atoms with Crippen molar-refractivity contribution < 1.29 is 19.5 Å². The number of hydrogen-bond acceptors (Lipinski definition) is 5. The molecule has 42 heavy (non-hydrogen) atoms. The molecule has 0 unspecified atom stereocenters. The molecule has 9 nitrogen and oxygen atoms in total. The number of nitrogens with one attached hydrogen (secondary N) is 3. The van der Waals surface area contributed by atoms with Gasteiger partial charge in [-0.1, -0.05) is 82.4 Å². The van der Waals surface area contributed by atoms with Gasteiger partial charge in [0.1, 0.15) is 6.04 Å². The Balaban J connectivity index is 1.80. The molecule has 1 fully saturated rings. The predicted octanol–water partition coefficient (Wildman–Crippen LogP) is 3.84. The Kier molecular flexibility index (Phi) is 13.3. The van der Waals surface area contributed by atoms with Crippen LogP contribution in [0.25, 0.3) is 0 Å². The number of allylic oxidation sites excluding steroid dienone is 1. The Hall–Kier alpha value is -3.46. The number of nitrogens with zero attached hydrogens (tertiary/aromatic N) is 1. The van der Waals surface area contributed by atoms with Crippen molar-refractivity contribution >= 4 is 17.7 Å². The number of rotatable bonds is 17. The number of aromatic nitrogens is 2. The predicted molar refractivity (Wildman–Crippen MR) is 164 cm³/mol. The van der Waals surface area contributed by atoms with Crippen molar-refractivity contribution in [3.63, 3.8) is 0 Å². The number of imidazole rings is 1. The fourth-order valence-electron chi connectivity index (χ4n) is 5.98. The minimum atomic E-state index is -0.939. The molecule has 0 spiro atoms. The van der Waals surface area contributed by atoms with Gasteiger partial charge in [-0.2, -0.15) is 0 Å². The van der Waals surface area contributed by atoms with Crippen molar-refractivity contribution in [2.45, 2.75) is 96.2 Å². The maximum Gasteiger partial charge on any atom is 0.243 e. The Labute approximate surface area is 250 Å². The third-order valence-corrected chi connectivity index (χ3v) is 8.53. The van der Waals surface area contributed by atoms with E-state index in [1.54, 1.807) is 6.20 Å². The molecule has 0 radical (unpaired) electrons. The first-order valence-corrected chi connectivity index (χ1v) is 15.4. The Morgan fingerprint density at radius 3 is 2.40 bits per heavy atom. The summed E-state index contributed by atoms with van der Waals surface area (Å²) in [6.45, 7) is 8.15. The molecule has 230 valence electrons. The molecule has 3 rings (SSSR count). The van der Waals surface area contributed by atoms with Crippen LogP contribution < -0.4 is 16.4 Å². The number of H-pyrrole nitrogens is 1. The van der Waals surface area contributed by atoms with Crippen molar-refractivity contribution in [3.05, 3.63) is 66.8 Å². The van der Waals surface area contributed by atoms with Crippen LogP contribution >= 0.6 is 0 Å². The van der Waals surface area contributed by atoms with Gasteiger partial charge in [0.2, 0.25) is 17.7 Å². The number of carbonyl (C=O) groups is 3. The molecule has 1 aliphatic carbocycles. The molecular weight excluding hydrogens is 530 g/mol. The van der Waals surface area contributed by atoms with Gasteiger partial charge in [0.25, 0.3) is 0 Å². The number of primary amides is 1. The van der Waals surface area contributed by atoms with E-state index in [1.807, 2.05) is 36.4 Å². The Morgan fingerprint density at radius 2 is 1.81 bits per heavy atom. The van der Waals surface area contributed by atoms with Crippen LogP contribution in [0.5, 0.6) is 0 Å². The minimum absolute atomic E-state index is 0.110. The lowest BCUT2D eigenvalue weighted by molar-refractivity contribution is -0.133. The third-order valence-electron chi connectivity index (χ3n) is 8.53. The van der Waals surface area contributed by atoms with Gasteiger partial charge in [-0.15, -0.1) is 6.58 Å². The number of benzene rings is 1. The lowest BCUT2D eigenvalue weighted by atomic mass is 9.81. The van der Waals surface area contributed by atoms with E-state index < -0.39 is 35.9 Å². The molecule has 0 aliphatic heterocycles. The van der Waals surface area contributed by atoms with Crippen LogP contribution in [-0.4, -0.2) is 51.0 Å². The SMILES string of the molecule is C=C[C@@H](C[C@H](O)[C@H](CC1CCCCC1)NC(=O)[C@H](Cc1cnc[nH]1)NC(=O)[C@@H](CC(N)=O)Cc1ccccc1)C(C)C. The monoisotopic (exact) mass is 579 g/mol. The van der Waals surface area contributed by atoms with Crippen LogP contribution in [0, 0.1) is 23.7 Å². The quantitative estimate of drug-likeness (QED) is 0.181. The van der Waals surface area contributed by atoms with Crippen molar-refractivity contribution in [3.8, 4) is 0 Å².